The lowest BCUT2D eigenvalue weighted by Crippen LogP contribution is -2.62. The maximum Gasteiger partial charge on any atom is 0.245 e. The molecule has 2 saturated heterocycles. The molecule has 10 amide bonds. The van der Waals surface area contributed by atoms with Gasteiger partial charge in [-0.15, -0.1) is 0 Å². The molecule has 0 spiro atoms. The van der Waals surface area contributed by atoms with E-state index in [2.05, 4.69) is 67.8 Å². The molecule has 484 valence electrons. The molecule has 9 atom stereocenters. The van der Waals surface area contributed by atoms with E-state index < -0.39 is 120 Å². The Morgan fingerprint density at radius 3 is 1.98 bits per heavy atom. The number of aromatic nitrogens is 3. The number of carbonyl (C=O) groups is 10. The molecule has 2 aliphatic heterocycles. The van der Waals surface area contributed by atoms with Crippen molar-refractivity contribution in [3.05, 3.63) is 84.1 Å². The molecule has 2 aromatic heterocycles. The molecule has 2 aliphatic rings. The molecule has 4 aromatic rings. The standard InChI is InChI=1S/C60H86N16O13/c1-7-64-57(87)48-15-11-23-76(48)58(88)41(14-10-22-65-59(61)62)69-51(81)42(24-33(2)3)70-56(86)47(31-89-60(4,5)6)75-52(82)43(25-34-16-18-37(78)19-17-34)71-55(85)46(30-77)74-53(83)44(26-35-28-66-39-13-9-8-12-38(35)39)72-54(84)45(27-36-29-63-32-67-36)73-50(80)40-20-21-49(79)68-40/h8-9,12-13,16-19,28-29,32-33,40-48,66,77-78H,7,10-11,14-15,20-27,30-31H2,1-6H3,(H,63,67)(H,64,87)(H,68,79)(H,69,81)(H,70,86)(H,71,85)(H,72,84)(H,73,80)(H,74,83)(H,75,82)(H4,61,62,65)/t40-,41-,42-,43-,44-,45-,46+,47+,48-/m0/s1. The molecule has 29 nitrogen and oxygen atoms in total. The van der Waals surface area contributed by atoms with Gasteiger partial charge in [0, 0.05) is 74.3 Å². The number of carbonyl (C=O) groups excluding carboxylic acids is 10. The highest BCUT2D eigenvalue weighted by Crippen LogP contribution is 2.22. The molecular weight excluding hydrogens is 1150 g/mol. The first-order valence-electron chi connectivity index (χ1n) is 29.9. The highest BCUT2D eigenvalue weighted by Gasteiger charge is 2.40. The minimum absolute atomic E-state index is 0.0578. The van der Waals surface area contributed by atoms with Crippen molar-refractivity contribution in [1.82, 2.24) is 67.7 Å². The van der Waals surface area contributed by atoms with Crippen molar-refractivity contribution in [2.45, 2.75) is 166 Å². The van der Waals surface area contributed by atoms with Gasteiger partial charge in [-0.3, -0.25) is 52.9 Å². The normalized spacial score (nSPS) is 17.2. The minimum Gasteiger partial charge on any atom is -0.508 e. The number of likely N-dealkylation sites (N-methyl/N-ethyl adjacent to an activating group) is 1. The molecule has 0 saturated carbocycles. The Hall–Kier alpha value is -9.12. The SMILES string of the molecule is CCNC(=O)[C@@H]1CCCN1C(=O)[C@H](CCCN=C(N)N)NC(=O)[C@H](CC(C)C)NC(=O)[C@@H](COC(C)(C)C)NC(=O)[C@H](Cc1ccc(O)cc1)NC(=O)[C@@H](CO)NC(=O)[C@H](Cc1c[nH]c2ccccc12)NC(=O)[C@H](Cc1cnc[nH]1)NC(=O)[C@@H]1CCC(=O)N1. The highest BCUT2D eigenvalue weighted by molar-refractivity contribution is 5.99. The van der Waals surface area contributed by atoms with Gasteiger partial charge in [0.2, 0.25) is 59.1 Å². The number of ether oxygens (including phenoxy) is 1. The molecule has 4 heterocycles. The van der Waals surface area contributed by atoms with E-state index in [0.29, 0.717) is 47.1 Å². The van der Waals surface area contributed by atoms with Gasteiger partial charge in [0.25, 0.3) is 0 Å². The largest absolute Gasteiger partial charge is 0.508 e. The molecular formula is C60H86N16O13. The van der Waals surface area contributed by atoms with Gasteiger partial charge in [-0.25, -0.2) is 4.98 Å². The number of benzene rings is 2. The summed E-state index contributed by atoms with van der Waals surface area (Å²) in [5, 5.41) is 45.7. The Kier molecular flexibility index (Phi) is 25.4. The van der Waals surface area contributed by atoms with Crippen LogP contribution in [0.25, 0.3) is 10.9 Å². The topological polar surface area (TPSA) is 441 Å². The number of imidazole rings is 1. The number of aliphatic hydroxyl groups is 1. The number of rotatable bonds is 32. The lowest BCUT2D eigenvalue weighted by atomic mass is 10.0. The second-order valence-corrected chi connectivity index (χ2v) is 23.6. The van der Waals surface area contributed by atoms with Crippen molar-refractivity contribution in [1.29, 1.82) is 0 Å². The van der Waals surface area contributed by atoms with Crippen LogP contribution in [-0.4, -0.2) is 188 Å². The van der Waals surface area contributed by atoms with Gasteiger partial charge in [-0.05, 0) is 101 Å². The number of nitrogens with two attached hydrogens (primary N) is 2. The van der Waals surface area contributed by atoms with Crippen LogP contribution in [0.3, 0.4) is 0 Å². The Morgan fingerprint density at radius 2 is 1.36 bits per heavy atom. The van der Waals surface area contributed by atoms with E-state index in [1.54, 1.807) is 58.2 Å². The number of hydrogen-bond donors (Lipinski definition) is 15. The van der Waals surface area contributed by atoms with E-state index in [1.807, 2.05) is 13.8 Å². The number of aromatic hydroxyl groups is 1. The third kappa shape index (κ3) is 21.0. The van der Waals surface area contributed by atoms with Crippen molar-refractivity contribution in [2.75, 3.05) is 32.8 Å². The summed E-state index contributed by atoms with van der Waals surface area (Å²) in [5.41, 5.74) is 12.4. The highest BCUT2D eigenvalue weighted by atomic mass is 16.5. The summed E-state index contributed by atoms with van der Waals surface area (Å²) >= 11 is 0. The van der Waals surface area contributed by atoms with E-state index in [9.17, 15) is 58.2 Å². The average Bonchev–Trinajstić information content (AvgIpc) is 2.55. The van der Waals surface area contributed by atoms with Crippen molar-refractivity contribution >= 4 is 75.9 Å². The van der Waals surface area contributed by atoms with E-state index >= 15 is 0 Å². The molecule has 0 radical (unpaired) electrons. The quantitative estimate of drug-likeness (QED) is 0.0148. The summed E-state index contributed by atoms with van der Waals surface area (Å²) in [4.78, 5) is 156. The molecule has 17 N–H and O–H groups in total. The van der Waals surface area contributed by atoms with Crippen LogP contribution in [0.5, 0.6) is 5.75 Å². The smallest absolute Gasteiger partial charge is 0.245 e. The fourth-order valence-corrected chi connectivity index (χ4v) is 10.3. The molecule has 2 aromatic carbocycles. The third-order valence-corrected chi connectivity index (χ3v) is 14.9. The molecule has 2 fully saturated rings. The second-order valence-electron chi connectivity index (χ2n) is 23.6. The van der Waals surface area contributed by atoms with Crippen LogP contribution < -0.4 is 59.3 Å². The fourth-order valence-electron chi connectivity index (χ4n) is 10.3. The number of aromatic amines is 2. The van der Waals surface area contributed by atoms with Crippen LogP contribution in [0.15, 0.2) is 72.2 Å². The Morgan fingerprint density at radius 1 is 0.753 bits per heavy atom. The number of phenolic OH excluding ortho intramolecular Hbond substituents is 1. The van der Waals surface area contributed by atoms with Gasteiger partial charge < -0.3 is 89.1 Å². The Bertz CT molecular complexity index is 3120. The Labute approximate surface area is 515 Å². The average molecular weight is 1240 g/mol. The van der Waals surface area contributed by atoms with Gasteiger partial charge in [-0.1, -0.05) is 44.2 Å². The van der Waals surface area contributed by atoms with E-state index in [0.717, 1.165) is 0 Å². The monoisotopic (exact) mass is 1240 g/mol. The number of para-hydroxylation sites is 1. The lowest BCUT2D eigenvalue weighted by Gasteiger charge is -2.31. The maximum atomic E-state index is 14.8. The minimum atomic E-state index is -1.78. The van der Waals surface area contributed by atoms with Gasteiger partial charge in [0.1, 0.15) is 60.1 Å². The summed E-state index contributed by atoms with van der Waals surface area (Å²) in [6.45, 7) is 9.78. The molecule has 0 aliphatic carbocycles. The number of H-pyrrole nitrogens is 2. The number of amides is 10. The molecule has 0 bridgehead atoms. The summed E-state index contributed by atoms with van der Waals surface area (Å²) in [7, 11) is 0. The number of hydrogen-bond acceptors (Lipinski definition) is 15. The number of nitrogens with one attached hydrogen (secondary N) is 11. The van der Waals surface area contributed by atoms with Crippen LogP contribution >= 0.6 is 0 Å². The summed E-state index contributed by atoms with van der Waals surface area (Å²) < 4.78 is 6.04. The molecule has 0 unspecified atom stereocenters. The van der Waals surface area contributed by atoms with E-state index in [1.165, 1.54) is 41.7 Å². The van der Waals surface area contributed by atoms with Crippen molar-refractivity contribution in [2.24, 2.45) is 22.4 Å². The zero-order chi connectivity index (χ0) is 65.0. The predicted octanol–water partition coefficient (Wildman–Crippen LogP) is -1.67. The first-order valence-corrected chi connectivity index (χ1v) is 29.9. The fraction of sp³-hybridized carbons (Fsp3) is 0.533. The van der Waals surface area contributed by atoms with Gasteiger partial charge in [-0.2, -0.15) is 0 Å². The second kappa shape index (κ2) is 32.7. The van der Waals surface area contributed by atoms with Gasteiger partial charge >= 0.3 is 0 Å². The van der Waals surface area contributed by atoms with Gasteiger partial charge in [0.05, 0.1) is 25.1 Å². The van der Waals surface area contributed by atoms with Crippen LogP contribution in [0.1, 0.15) is 103 Å². The van der Waals surface area contributed by atoms with Crippen LogP contribution in [0.4, 0.5) is 0 Å². The summed E-state index contributed by atoms with van der Waals surface area (Å²) in [6, 6.07) is 1.02. The molecule has 89 heavy (non-hydrogen) atoms. The third-order valence-electron chi connectivity index (χ3n) is 14.9. The number of guanidine groups is 1. The number of phenols is 1. The number of nitrogens with zero attached hydrogens (tertiary/aromatic N) is 3. The van der Waals surface area contributed by atoms with E-state index in [4.69, 9.17) is 16.2 Å². The van der Waals surface area contributed by atoms with Crippen LogP contribution in [-0.2, 0) is 71.9 Å². The van der Waals surface area contributed by atoms with Gasteiger partial charge in [0.15, 0.2) is 5.96 Å². The van der Waals surface area contributed by atoms with E-state index in [-0.39, 0.29) is 93.9 Å². The van der Waals surface area contributed by atoms with Crippen molar-refractivity contribution in [3.8, 4) is 5.75 Å². The zero-order valence-electron chi connectivity index (χ0n) is 51.1. The lowest BCUT2D eigenvalue weighted by molar-refractivity contribution is -0.142. The van der Waals surface area contributed by atoms with Crippen molar-refractivity contribution in [3.63, 3.8) is 0 Å². The summed E-state index contributed by atoms with van der Waals surface area (Å²) in [6.07, 6.45) is 5.56. The summed E-state index contributed by atoms with van der Waals surface area (Å²) in [5.74, 6) is -7.72. The number of aliphatic imine (C=N–C) groups is 1. The number of aliphatic hydroxyl groups excluding tert-OH is 1. The molecule has 29 heteroatoms. The zero-order valence-corrected chi connectivity index (χ0v) is 51.1. The van der Waals surface area contributed by atoms with Crippen LogP contribution in [0, 0.1) is 5.92 Å². The molecule has 6 rings (SSSR count). The first kappa shape index (κ1) is 69.0. The van der Waals surface area contributed by atoms with Crippen LogP contribution in [0.2, 0.25) is 0 Å². The number of fused-ring (bicyclic) bond motifs is 1. The number of likely N-dealkylation sites (tertiary alicyclic amines) is 1. The predicted molar refractivity (Wildman–Crippen MR) is 326 cm³/mol. The maximum absolute atomic E-state index is 14.8. The first-order chi connectivity index (χ1) is 42.3. The Balaban J connectivity index is 1.24. The van der Waals surface area contributed by atoms with Crippen molar-refractivity contribution < 1.29 is 62.9 Å².